The van der Waals surface area contributed by atoms with Gasteiger partial charge in [-0.15, -0.1) is 0 Å². The lowest BCUT2D eigenvalue weighted by atomic mass is 10.1. The fourth-order valence-corrected chi connectivity index (χ4v) is 5.33. The van der Waals surface area contributed by atoms with Crippen LogP contribution in [0.2, 0.25) is 0 Å². The minimum absolute atomic E-state index is 0.00280. The van der Waals surface area contributed by atoms with Crippen LogP contribution >= 0.6 is 11.8 Å². The zero-order valence-electron chi connectivity index (χ0n) is 20.4. The molecule has 0 saturated carbocycles. The maximum atomic E-state index is 14.1. The smallest absolute Gasteiger partial charge is 0.270 e. The number of rotatable bonds is 8. The molecule has 4 rings (SSSR count). The number of sulfonamides is 1. The highest BCUT2D eigenvalue weighted by atomic mass is 32.2. The van der Waals surface area contributed by atoms with Gasteiger partial charge in [-0.2, -0.15) is 0 Å². The predicted molar refractivity (Wildman–Crippen MR) is 145 cm³/mol. The molecule has 1 aliphatic heterocycles. The molecular formula is C26H21FN4O6S2. The van der Waals surface area contributed by atoms with Gasteiger partial charge in [0.15, 0.2) is 5.17 Å². The largest absolute Gasteiger partial charge is 0.300 e. The van der Waals surface area contributed by atoms with Crippen LogP contribution in [0.15, 0.2) is 81.5 Å². The summed E-state index contributed by atoms with van der Waals surface area (Å²) in [6.45, 7) is 1.95. The first-order chi connectivity index (χ1) is 18.5. The first-order valence-corrected chi connectivity index (χ1v) is 13.8. The van der Waals surface area contributed by atoms with Crippen LogP contribution in [0.1, 0.15) is 23.6 Å². The number of hydrogen-bond donors (Lipinski definition) is 2. The Morgan fingerprint density at radius 1 is 1.10 bits per heavy atom. The van der Waals surface area contributed by atoms with Gasteiger partial charge >= 0.3 is 0 Å². The van der Waals surface area contributed by atoms with Crippen LogP contribution in [-0.4, -0.2) is 30.3 Å². The standard InChI is InChI=1S/C26H21FN4O6S2/c1-2-16-5-10-21(11-6-16)39(36,37)30-24(32)13-17-3-7-19(8-4-17)28-26-29-25(33)23(38-26)15-18-14-20(31(34)35)9-12-22(18)27/h3-12,14-15H,2,13H2,1H3,(H,30,32)(H,28,29,33). The molecule has 0 radical (unpaired) electrons. The Morgan fingerprint density at radius 2 is 1.77 bits per heavy atom. The summed E-state index contributed by atoms with van der Waals surface area (Å²) in [5.41, 5.74) is 1.54. The van der Waals surface area contributed by atoms with Crippen LogP contribution in [0.3, 0.4) is 0 Å². The van der Waals surface area contributed by atoms with Crippen molar-refractivity contribution < 1.29 is 27.3 Å². The predicted octanol–water partition coefficient (Wildman–Crippen LogP) is 4.24. The molecule has 200 valence electrons. The van der Waals surface area contributed by atoms with Crippen LogP contribution in [0.4, 0.5) is 15.8 Å². The van der Waals surface area contributed by atoms with Crippen molar-refractivity contribution in [1.82, 2.24) is 10.0 Å². The van der Waals surface area contributed by atoms with E-state index in [0.717, 1.165) is 41.9 Å². The molecule has 10 nitrogen and oxygen atoms in total. The summed E-state index contributed by atoms with van der Waals surface area (Å²) in [7, 11) is -4.00. The van der Waals surface area contributed by atoms with Crippen LogP contribution < -0.4 is 10.0 Å². The van der Waals surface area contributed by atoms with Gasteiger partial charge in [0.05, 0.1) is 26.8 Å². The number of nitro benzene ring substituents is 1. The average molecular weight is 569 g/mol. The van der Waals surface area contributed by atoms with E-state index < -0.39 is 32.6 Å². The van der Waals surface area contributed by atoms with Gasteiger partial charge in [0.2, 0.25) is 5.91 Å². The molecule has 13 heteroatoms. The number of benzene rings is 3. The van der Waals surface area contributed by atoms with E-state index in [1.54, 1.807) is 36.4 Å². The number of amides is 2. The van der Waals surface area contributed by atoms with Crippen molar-refractivity contribution in [3.63, 3.8) is 0 Å². The van der Waals surface area contributed by atoms with Gasteiger partial charge in [-0.25, -0.2) is 22.5 Å². The summed E-state index contributed by atoms with van der Waals surface area (Å²) in [5, 5.41) is 13.7. The second-order valence-corrected chi connectivity index (χ2v) is 11.0. The minimum atomic E-state index is -4.00. The van der Waals surface area contributed by atoms with E-state index >= 15 is 0 Å². The van der Waals surface area contributed by atoms with E-state index in [-0.39, 0.29) is 32.6 Å². The third kappa shape index (κ3) is 6.94. The fraction of sp³-hybridized carbons (Fsp3) is 0.115. The minimum Gasteiger partial charge on any atom is -0.300 e. The van der Waals surface area contributed by atoms with Crippen LogP contribution in [-0.2, 0) is 32.5 Å². The van der Waals surface area contributed by atoms with Crippen molar-refractivity contribution in [3.8, 4) is 0 Å². The average Bonchev–Trinajstić information content (AvgIpc) is 3.24. The summed E-state index contributed by atoms with van der Waals surface area (Å²) in [6, 6.07) is 15.7. The highest BCUT2D eigenvalue weighted by Crippen LogP contribution is 2.29. The zero-order chi connectivity index (χ0) is 28.2. The van der Waals surface area contributed by atoms with E-state index in [1.165, 1.54) is 18.2 Å². The van der Waals surface area contributed by atoms with Crippen molar-refractivity contribution in [3.05, 3.63) is 104 Å². The second kappa shape index (κ2) is 11.6. The number of thioether (sulfide) groups is 1. The first-order valence-electron chi connectivity index (χ1n) is 11.5. The third-order valence-corrected chi connectivity index (χ3v) is 7.85. The summed E-state index contributed by atoms with van der Waals surface area (Å²) >= 11 is 0.936. The molecular weight excluding hydrogens is 547 g/mol. The van der Waals surface area contributed by atoms with Gasteiger partial charge in [0.1, 0.15) is 5.82 Å². The molecule has 1 saturated heterocycles. The molecule has 3 aromatic carbocycles. The van der Waals surface area contributed by atoms with E-state index in [9.17, 15) is 32.5 Å². The molecule has 1 aliphatic rings. The van der Waals surface area contributed by atoms with Gasteiger partial charge in [-0.3, -0.25) is 19.7 Å². The second-order valence-electron chi connectivity index (χ2n) is 8.31. The SMILES string of the molecule is CCc1ccc(S(=O)(=O)NC(=O)Cc2ccc(N=C3NC(=O)C(=Cc4cc([N+](=O)[O-])ccc4F)S3)cc2)cc1. The molecule has 0 atom stereocenters. The van der Waals surface area contributed by atoms with Gasteiger partial charge in [-0.1, -0.05) is 31.2 Å². The normalized spacial score (nSPS) is 15.4. The van der Waals surface area contributed by atoms with Gasteiger partial charge < -0.3 is 5.32 Å². The number of nitro groups is 1. The summed E-state index contributed by atoms with van der Waals surface area (Å²) < 4.78 is 41.1. The molecule has 39 heavy (non-hydrogen) atoms. The molecule has 2 N–H and O–H groups in total. The Balaban J connectivity index is 1.40. The molecule has 0 aliphatic carbocycles. The molecule has 0 aromatic heterocycles. The highest BCUT2D eigenvalue weighted by molar-refractivity contribution is 8.18. The quantitative estimate of drug-likeness (QED) is 0.235. The van der Waals surface area contributed by atoms with Gasteiger partial charge in [-0.05, 0) is 65.7 Å². The maximum Gasteiger partial charge on any atom is 0.270 e. The molecule has 3 aromatic rings. The summed E-state index contributed by atoms with van der Waals surface area (Å²) in [6.07, 6.45) is 1.78. The first kappa shape index (κ1) is 27.7. The van der Waals surface area contributed by atoms with E-state index in [2.05, 4.69) is 15.0 Å². The lowest BCUT2D eigenvalue weighted by Gasteiger charge is -2.08. The highest BCUT2D eigenvalue weighted by Gasteiger charge is 2.25. The number of aliphatic imine (C=N–C) groups is 1. The molecule has 2 amide bonds. The number of nitrogens with zero attached hydrogens (tertiary/aromatic N) is 2. The van der Waals surface area contributed by atoms with E-state index in [0.29, 0.717) is 11.3 Å². The Morgan fingerprint density at radius 3 is 2.41 bits per heavy atom. The van der Waals surface area contributed by atoms with Crippen molar-refractivity contribution >= 4 is 56.2 Å². The van der Waals surface area contributed by atoms with E-state index in [4.69, 9.17) is 0 Å². The number of aryl methyl sites for hydroxylation is 1. The molecule has 0 unspecified atom stereocenters. The Kier molecular flexibility index (Phi) is 8.21. The van der Waals surface area contributed by atoms with Gasteiger partial charge in [0, 0.05) is 17.7 Å². The number of amidine groups is 1. The number of halogens is 1. The molecule has 0 bridgehead atoms. The molecule has 1 fully saturated rings. The lowest BCUT2D eigenvalue weighted by molar-refractivity contribution is -0.384. The number of carbonyl (C=O) groups excluding carboxylic acids is 2. The van der Waals surface area contributed by atoms with Crippen LogP contribution in [0.25, 0.3) is 6.08 Å². The Labute approximate surface area is 227 Å². The van der Waals surface area contributed by atoms with Crippen LogP contribution in [0.5, 0.6) is 0 Å². The van der Waals surface area contributed by atoms with E-state index in [1.807, 2.05) is 6.92 Å². The number of nitrogens with one attached hydrogen (secondary N) is 2. The molecule has 0 spiro atoms. The Bertz CT molecular complexity index is 1620. The van der Waals surface area contributed by atoms with Crippen LogP contribution in [0, 0.1) is 15.9 Å². The number of non-ortho nitro benzene ring substituents is 1. The monoisotopic (exact) mass is 568 g/mol. The third-order valence-electron chi connectivity index (χ3n) is 5.55. The fourth-order valence-electron chi connectivity index (χ4n) is 3.52. The number of hydrogen-bond acceptors (Lipinski definition) is 8. The zero-order valence-corrected chi connectivity index (χ0v) is 22.0. The van der Waals surface area contributed by atoms with Crippen molar-refractivity contribution in [2.24, 2.45) is 4.99 Å². The maximum absolute atomic E-state index is 14.1. The lowest BCUT2D eigenvalue weighted by Crippen LogP contribution is -2.31. The summed E-state index contributed by atoms with van der Waals surface area (Å²) in [5.74, 6) is -1.95. The summed E-state index contributed by atoms with van der Waals surface area (Å²) in [4.78, 5) is 39.4. The van der Waals surface area contributed by atoms with Crippen molar-refractivity contribution in [2.75, 3.05) is 0 Å². The topological polar surface area (TPSA) is 148 Å². The Hall–Kier alpha value is -4.36. The van der Waals surface area contributed by atoms with Crippen molar-refractivity contribution in [2.45, 2.75) is 24.7 Å². The van der Waals surface area contributed by atoms with Crippen molar-refractivity contribution in [1.29, 1.82) is 0 Å². The molecule has 1 heterocycles. The number of carbonyl (C=O) groups is 2. The van der Waals surface area contributed by atoms with Gasteiger partial charge in [0.25, 0.3) is 21.6 Å².